The molecule has 0 unspecified atom stereocenters. The van der Waals surface area contributed by atoms with Crippen molar-refractivity contribution < 1.29 is 9.59 Å². The molecule has 122 valence electrons. The second kappa shape index (κ2) is 7.77. The summed E-state index contributed by atoms with van der Waals surface area (Å²) in [7, 11) is 0. The summed E-state index contributed by atoms with van der Waals surface area (Å²) in [5.74, 6) is -0.303. The highest BCUT2D eigenvalue weighted by atomic mass is 32.2. The van der Waals surface area contributed by atoms with Gasteiger partial charge in [0, 0.05) is 6.04 Å². The largest absolute Gasteiger partial charge is 0.336 e. The SMILES string of the molecule is Cc1ccccc1-n1cnnc1SCC(=O)NC(=O)NC(C)C. The average Bonchev–Trinajstić information content (AvgIpc) is 2.93. The average molecular weight is 333 g/mol. The minimum Gasteiger partial charge on any atom is -0.336 e. The first-order valence-electron chi connectivity index (χ1n) is 7.16. The molecule has 2 N–H and O–H groups in total. The third kappa shape index (κ3) is 4.82. The Bertz CT molecular complexity index is 699. The molecule has 3 amide bonds. The number of nitrogens with zero attached hydrogens (tertiary/aromatic N) is 3. The number of hydrogen-bond acceptors (Lipinski definition) is 5. The number of carbonyl (C=O) groups is 2. The van der Waals surface area contributed by atoms with Crippen molar-refractivity contribution >= 4 is 23.7 Å². The fourth-order valence-electron chi connectivity index (χ4n) is 1.91. The van der Waals surface area contributed by atoms with Gasteiger partial charge in [-0.1, -0.05) is 30.0 Å². The van der Waals surface area contributed by atoms with E-state index in [0.29, 0.717) is 5.16 Å². The molecule has 0 aliphatic heterocycles. The number of imide groups is 1. The van der Waals surface area contributed by atoms with Gasteiger partial charge in [-0.05, 0) is 32.4 Å². The summed E-state index contributed by atoms with van der Waals surface area (Å²) in [6, 6.07) is 7.31. The number of para-hydroxylation sites is 1. The number of aryl methyl sites for hydroxylation is 1. The van der Waals surface area contributed by atoms with E-state index in [4.69, 9.17) is 0 Å². The third-order valence-electron chi connectivity index (χ3n) is 2.90. The van der Waals surface area contributed by atoms with Crippen molar-refractivity contribution in [1.82, 2.24) is 25.4 Å². The molecule has 2 aromatic rings. The lowest BCUT2D eigenvalue weighted by molar-refractivity contribution is -0.117. The summed E-state index contributed by atoms with van der Waals surface area (Å²) in [6.45, 7) is 5.64. The second-order valence-electron chi connectivity index (χ2n) is 5.24. The molecule has 1 heterocycles. The topological polar surface area (TPSA) is 88.9 Å². The van der Waals surface area contributed by atoms with Gasteiger partial charge in [0.05, 0.1) is 11.4 Å². The lowest BCUT2D eigenvalue weighted by Gasteiger charge is -2.10. The summed E-state index contributed by atoms with van der Waals surface area (Å²) >= 11 is 1.22. The van der Waals surface area contributed by atoms with Gasteiger partial charge in [0.25, 0.3) is 0 Å². The van der Waals surface area contributed by atoms with Crippen molar-refractivity contribution in [2.75, 3.05) is 5.75 Å². The monoisotopic (exact) mass is 333 g/mol. The number of benzene rings is 1. The Hall–Kier alpha value is -2.35. The number of carbonyl (C=O) groups excluding carboxylic acids is 2. The zero-order chi connectivity index (χ0) is 16.8. The molecular formula is C15H19N5O2S. The van der Waals surface area contributed by atoms with Crippen LogP contribution in [0.15, 0.2) is 35.7 Å². The Labute approximate surface area is 138 Å². The van der Waals surface area contributed by atoms with Crippen molar-refractivity contribution in [3.8, 4) is 5.69 Å². The molecule has 1 aromatic carbocycles. The van der Waals surface area contributed by atoms with Crippen LogP contribution in [0, 0.1) is 6.92 Å². The molecule has 0 radical (unpaired) electrons. The van der Waals surface area contributed by atoms with Crippen molar-refractivity contribution in [1.29, 1.82) is 0 Å². The molecule has 8 heteroatoms. The van der Waals surface area contributed by atoms with Gasteiger partial charge in [-0.15, -0.1) is 10.2 Å². The Morgan fingerprint density at radius 2 is 2.04 bits per heavy atom. The van der Waals surface area contributed by atoms with Crippen LogP contribution in [0.1, 0.15) is 19.4 Å². The van der Waals surface area contributed by atoms with Gasteiger partial charge in [-0.3, -0.25) is 14.7 Å². The zero-order valence-electron chi connectivity index (χ0n) is 13.2. The number of nitrogens with one attached hydrogen (secondary N) is 2. The predicted octanol–water partition coefficient (Wildman–Crippen LogP) is 1.90. The van der Waals surface area contributed by atoms with Crippen molar-refractivity contribution in [2.24, 2.45) is 0 Å². The smallest absolute Gasteiger partial charge is 0.321 e. The van der Waals surface area contributed by atoms with E-state index in [2.05, 4.69) is 20.8 Å². The van der Waals surface area contributed by atoms with Crippen LogP contribution in [-0.4, -0.2) is 38.5 Å². The molecule has 0 fully saturated rings. The molecule has 0 atom stereocenters. The molecule has 0 bridgehead atoms. The maximum absolute atomic E-state index is 11.8. The van der Waals surface area contributed by atoms with Gasteiger partial charge in [-0.2, -0.15) is 0 Å². The summed E-state index contributed by atoms with van der Waals surface area (Å²) in [6.07, 6.45) is 1.61. The van der Waals surface area contributed by atoms with E-state index >= 15 is 0 Å². The van der Waals surface area contributed by atoms with Crippen LogP contribution in [0.3, 0.4) is 0 Å². The number of rotatable bonds is 5. The van der Waals surface area contributed by atoms with E-state index < -0.39 is 6.03 Å². The van der Waals surface area contributed by atoms with E-state index in [1.54, 1.807) is 6.33 Å². The van der Waals surface area contributed by atoms with Crippen LogP contribution in [0.5, 0.6) is 0 Å². The standard InChI is InChI=1S/C15H19N5O2S/c1-10(2)17-14(22)18-13(21)8-23-15-19-16-9-20(15)12-7-5-4-6-11(12)3/h4-7,9-10H,8H2,1-3H3,(H2,17,18,21,22). The Morgan fingerprint density at radius 1 is 1.30 bits per heavy atom. The minimum atomic E-state index is -0.494. The van der Waals surface area contributed by atoms with Gasteiger partial charge in [0.1, 0.15) is 6.33 Å². The minimum absolute atomic E-state index is 0.0281. The van der Waals surface area contributed by atoms with E-state index in [1.807, 2.05) is 49.6 Å². The molecule has 0 saturated heterocycles. The van der Waals surface area contributed by atoms with Gasteiger partial charge < -0.3 is 5.32 Å². The highest BCUT2D eigenvalue weighted by Gasteiger charge is 2.13. The Kier molecular flexibility index (Phi) is 5.75. The summed E-state index contributed by atoms with van der Waals surface area (Å²) in [5.41, 5.74) is 2.04. The number of amides is 3. The van der Waals surface area contributed by atoms with Gasteiger partial charge >= 0.3 is 6.03 Å². The summed E-state index contributed by atoms with van der Waals surface area (Å²) in [5, 5.41) is 13.4. The van der Waals surface area contributed by atoms with Crippen molar-refractivity contribution in [2.45, 2.75) is 32.0 Å². The predicted molar refractivity (Wildman–Crippen MR) is 88.6 cm³/mol. The van der Waals surface area contributed by atoms with E-state index in [1.165, 1.54) is 11.8 Å². The van der Waals surface area contributed by atoms with Gasteiger partial charge in [-0.25, -0.2) is 4.79 Å². The van der Waals surface area contributed by atoms with E-state index in [0.717, 1.165) is 11.3 Å². The van der Waals surface area contributed by atoms with Crippen LogP contribution in [-0.2, 0) is 4.79 Å². The molecular weight excluding hydrogens is 314 g/mol. The maximum atomic E-state index is 11.8. The molecule has 0 aliphatic rings. The third-order valence-corrected chi connectivity index (χ3v) is 3.84. The molecule has 2 rings (SSSR count). The van der Waals surface area contributed by atoms with Crippen LogP contribution in [0.2, 0.25) is 0 Å². The van der Waals surface area contributed by atoms with Crippen LogP contribution < -0.4 is 10.6 Å². The number of thioether (sulfide) groups is 1. The first kappa shape index (κ1) is 17.0. The van der Waals surface area contributed by atoms with Crippen LogP contribution >= 0.6 is 11.8 Å². The highest BCUT2D eigenvalue weighted by molar-refractivity contribution is 7.99. The second-order valence-corrected chi connectivity index (χ2v) is 6.18. The molecule has 23 heavy (non-hydrogen) atoms. The van der Waals surface area contributed by atoms with E-state index in [-0.39, 0.29) is 17.7 Å². The Balaban J connectivity index is 1.98. The first-order valence-corrected chi connectivity index (χ1v) is 8.15. The molecule has 0 saturated carbocycles. The molecule has 7 nitrogen and oxygen atoms in total. The molecule has 0 spiro atoms. The number of hydrogen-bond donors (Lipinski definition) is 2. The normalized spacial score (nSPS) is 10.6. The van der Waals surface area contributed by atoms with Crippen LogP contribution in [0.25, 0.3) is 5.69 Å². The van der Waals surface area contributed by atoms with Gasteiger partial charge in [0.15, 0.2) is 5.16 Å². The zero-order valence-corrected chi connectivity index (χ0v) is 14.1. The van der Waals surface area contributed by atoms with E-state index in [9.17, 15) is 9.59 Å². The van der Waals surface area contributed by atoms with Crippen LogP contribution in [0.4, 0.5) is 4.79 Å². The maximum Gasteiger partial charge on any atom is 0.321 e. The van der Waals surface area contributed by atoms with Crippen molar-refractivity contribution in [3.63, 3.8) is 0 Å². The number of aromatic nitrogens is 3. The number of urea groups is 1. The lowest BCUT2D eigenvalue weighted by atomic mass is 10.2. The first-order chi connectivity index (χ1) is 11.0. The summed E-state index contributed by atoms with van der Waals surface area (Å²) in [4.78, 5) is 23.3. The summed E-state index contributed by atoms with van der Waals surface area (Å²) < 4.78 is 1.82. The molecule has 0 aliphatic carbocycles. The Morgan fingerprint density at radius 3 is 2.74 bits per heavy atom. The quantitative estimate of drug-likeness (QED) is 0.816. The van der Waals surface area contributed by atoms with Gasteiger partial charge in [0.2, 0.25) is 5.91 Å². The lowest BCUT2D eigenvalue weighted by Crippen LogP contribution is -2.43. The molecule has 1 aromatic heterocycles. The highest BCUT2D eigenvalue weighted by Crippen LogP contribution is 2.21. The van der Waals surface area contributed by atoms with Crippen molar-refractivity contribution in [3.05, 3.63) is 36.2 Å². The fraction of sp³-hybridized carbons (Fsp3) is 0.333. The fourth-order valence-corrected chi connectivity index (χ4v) is 2.63.